The van der Waals surface area contributed by atoms with Gasteiger partial charge in [0.05, 0.1) is 18.8 Å². The molecule has 21 heteroatoms. The van der Waals surface area contributed by atoms with E-state index in [2.05, 4.69) is 28.2 Å². The van der Waals surface area contributed by atoms with Crippen LogP contribution in [0.15, 0.2) is 0 Å². The number of aliphatic hydroxyl groups excluding tert-OH is 3. The van der Waals surface area contributed by atoms with Crippen molar-refractivity contribution in [1.29, 1.82) is 0 Å². The lowest BCUT2D eigenvalue weighted by molar-refractivity contribution is -0.147. The molecule has 64 heavy (non-hydrogen) atoms. The van der Waals surface area contributed by atoms with Gasteiger partial charge >= 0.3 is 5.97 Å². The molecule has 374 valence electrons. The molecule has 5 amide bonds. The zero-order valence-corrected chi connectivity index (χ0v) is 39.1. The maximum Gasteiger partial charge on any atom is 0.328 e. The number of rotatable bonds is 34. The van der Waals surface area contributed by atoms with Gasteiger partial charge in [0.2, 0.25) is 29.5 Å². The number of unbranched alkanes of at least 4 members (excludes halogenated alkanes) is 13. The van der Waals surface area contributed by atoms with Crippen molar-refractivity contribution in [2.45, 2.75) is 199 Å². The second-order valence-corrected chi connectivity index (χ2v) is 15.9. The predicted molar refractivity (Wildman–Crippen MR) is 240 cm³/mol. The average Bonchev–Trinajstić information content (AvgIpc) is 3.20. The third kappa shape index (κ3) is 34.0. The van der Waals surface area contributed by atoms with Gasteiger partial charge in [-0.1, -0.05) is 84.0 Å². The lowest BCUT2D eigenvalue weighted by atomic mass is 10.0. The Morgan fingerprint density at radius 3 is 1.39 bits per heavy atom. The standard InChI is InChI=1S/C39H75N7O10.2C2H4O2/c1-5-6-7-8-9-10-11-12-13-14-15-16-17-23-32(50)42-30(21-18-19-24-40)38(54)46(4)34(28(3)49)37(53)45-33(27(2)48)36(52)43-29(22-20-25-41)35(51)44-31(26-47)39(55)56;2*1-2(3)4/h27-31,33-34,47-49H,5-26,40-41H2,1-4H3,(H,42,50)(H,43,52)(H,44,51)(H,45,53)(H,55,56);2*1H3,(H,3,4)/t27-,28-,29+,30+,31+,33+,34+;;/m1../s1. The SMILES string of the molecule is CC(=O)O.CC(=O)O.CCCCCCCCCCCCCCCC(=O)N[C@@H](CCCCN)C(=O)N(C)[C@H](C(=O)N[C@H](C(=O)N[C@@H](CCCN)C(=O)N[C@@H](CO)C(=O)O)[C@@H](C)O)[C@@H](C)O. The molecule has 0 spiro atoms. The van der Waals surface area contributed by atoms with Crippen molar-refractivity contribution < 1.29 is 69.0 Å². The molecule has 21 nitrogen and oxygen atoms in total. The molecular formula is C43H83N7O14. The Morgan fingerprint density at radius 1 is 0.547 bits per heavy atom. The summed E-state index contributed by atoms with van der Waals surface area (Å²) >= 11 is 0. The van der Waals surface area contributed by atoms with Crippen LogP contribution in [0.3, 0.4) is 0 Å². The Labute approximate surface area is 379 Å². The lowest BCUT2D eigenvalue weighted by Crippen LogP contribution is -2.63. The second-order valence-electron chi connectivity index (χ2n) is 15.9. The number of carboxylic acids is 3. The maximum atomic E-state index is 13.8. The summed E-state index contributed by atoms with van der Waals surface area (Å²) in [7, 11) is 1.29. The van der Waals surface area contributed by atoms with E-state index in [0.717, 1.165) is 38.0 Å². The molecule has 0 aromatic heterocycles. The number of hydrogen-bond acceptors (Lipinski definition) is 13. The number of carbonyl (C=O) groups excluding carboxylic acids is 5. The third-order valence-corrected chi connectivity index (χ3v) is 9.77. The molecule has 0 saturated heterocycles. The van der Waals surface area contributed by atoms with Crippen LogP contribution in [-0.4, -0.2) is 152 Å². The average molecular weight is 922 g/mol. The number of hydrogen-bond donors (Lipinski definition) is 12. The zero-order chi connectivity index (χ0) is 49.6. The Balaban J connectivity index is -0.00000425. The summed E-state index contributed by atoms with van der Waals surface area (Å²) < 4.78 is 0. The smallest absolute Gasteiger partial charge is 0.328 e. The minimum atomic E-state index is -1.67. The van der Waals surface area contributed by atoms with Crippen molar-refractivity contribution >= 4 is 47.4 Å². The van der Waals surface area contributed by atoms with Crippen LogP contribution in [0.2, 0.25) is 0 Å². The summed E-state index contributed by atoms with van der Waals surface area (Å²) in [5.41, 5.74) is 11.2. The topological polar surface area (TPSA) is 361 Å². The van der Waals surface area contributed by atoms with E-state index in [1.807, 2.05) is 0 Å². The van der Waals surface area contributed by atoms with E-state index in [0.29, 0.717) is 25.8 Å². The first-order valence-electron chi connectivity index (χ1n) is 22.6. The molecule has 0 aromatic carbocycles. The van der Waals surface area contributed by atoms with E-state index in [9.17, 15) is 49.2 Å². The first-order chi connectivity index (χ1) is 30.1. The van der Waals surface area contributed by atoms with Gasteiger partial charge in [0, 0.05) is 27.3 Å². The molecule has 0 heterocycles. The van der Waals surface area contributed by atoms with Crippen molar-refractivity contribution in [3.63, 3.8) is 0 Å². The highest BCUT2D eigenvalue weighted by molar-refractivity contribution is 5.96. The summed E-state index contributed by atoms with van der Waals surface area (Å²) in [5, 5.41) is 64.1. The summed E-state index contributed by atoms with van der Waals surface area (Å²) in [5.74, 6) is -7.07. The van der Waals surface area contributed by atoms with Gasteiger partial charge < -0.3 is 68.3 Å². The fraction of sp³-hybridized carbons (Fsp3) is 0.814. The fourth-order valence-corrected chi connectivity index (χ4v) is 6.38. The normalized spacial score (nSPS) is 13.9. The van der Waals surface area contributed by atoms with Crippen LogP contribution in [0.4, 0.5) is 0 Å². The lowest BCUT2D eigenvalue weighted by Gasteiger charge is -2.34. The fourth-order valence-electron chi connectivity index (χ4n) is 6.38. The Morgan fingerprint density at radius 2 is 0.984 bits per heavy atom. The van der Waals surface area contributed by atoms with Gasteiger partial charge in [0.25, 0.3) is 11.9 Å². The molecule has 0 radical (unpaired) electrons. The molecule has 0 aromatic rings. The van der Waals surface area contributed by atoms with Crippen LogP contribution < -0.4 is 32.7 Å². The summed E-state index contributed by atoms with van der Waals surface area (Å²) in [6.45, 7) is 6.46. The number of carboxylic acid groups (broad SMARTS) is 3. The number of aliphatic carboxylic acids is 3. The molecular weight excluding hydrogens is 839 g/mol. The van der Waals surface area contributed by atoms with E-state index < -0.39 is 90.6 Å². The molecule has 0 fully saturated rings. The second kappa shape index (κ2) is 40.1. The van der Waals surface area contributed by atoms with Crippen LogP contribution in [0.25, 0.3) is 0 Å². The molecule has 0 aliphatic rings. The molecule has 0 unspecified atom stereocenters. The predicted octanol–water partition coefficient (Wildman–Crippen LogP) is 1.12. The van der Waals surface area contributed by atoms with Crippen LogP contribution in [0.1, 0.15) is 157 Å². The van der Waals surface area contributed by atoms with Gasteiger partial charge in [-0.05, 0) is 65.5 Å². The summed E-state index contributed by atoms with van der Waals surface area (Å²) in [6.07, 6.45) is 14.0. The molecule has 14 N–H and O–H groups in total. The van der Waals surface area contributed by atoms with Gasteiger partial charge in [-0.15, -0.1) is 0 Å². The molecule has 0 aliphatic heterocycles. The zero-order valence-electron chi connectivity index (χ0n) is 39.1. The van der Waals surface area contributed by atoms with E-state index >= 15 is 0 Å². The van der Waals surface area contributed by atoms with Crippen molar-refractivity contribution in [3.8, 4) is 0 Å². The highest BCUT2D eigenvalue weighted by Gasteiger charge is 2.38. The minimum absolute atomic E-state index is 0.0313. The van der Waals surface area contributed by atoms with Gasteiger partial charge in [-0.2, -0.15) is 0 Å². The highest BCUT2D eigenvalue weighted by Crippen LogP contribution is 2.15. The molecule has 0 aliphatic carbocycles. The number of nitrogens with zero attached hydrogens (tertiary/aromatic N) is 1. The Bertz CT molecular complexity index is 1320. The molecule has 0 bridgehead atoms. The van der Waals surface area contributed by atoms with Crippen molar-refractivity contribution in [3.05, 3.63) is 0 Å². The Kier molecular flexibility index (Phi) is 40.0. The summed E-state index contributed by atoms with van der Waals surface area (Å²) in [4.78, 5) is 96.9. The highest BCUT2D eigenvalue weighted by atomic mass is 16.4. The van der Waals surface area contributed by atoms with E-state index in [4.69, 9.17) is 31.3 Å². The van der Waals surface area contributed by atoms with Crippen LogP contribution >= 0.6 is 0 Å². The number of nitrogens with two attached hydrogens (primary N) is 2. The third-order valence-electron chi connectivity index (χ3n) is 9.77. The van der Waals surface area contributed by atoms with Gasteiger partial charge in [-0.3, -0.25) is 33.6 Å². The first kappa shape index (κ1) is 63.8. The first-order valence-corrected chi connectivity index (χ1v) is 22.6. The monoisotopic (exact) mass is 922 g/mol. The van der Waals surface area contributed by atoms with Gasteiger partial charge in [-0.25, -0.2) is 4.79 Å². The van der Waals surface area contributed by atoms with E-state index in [1.165, 1.54) is 78.7 Å². The molecule has 0 rings (SSSR count). The molecule has 7 atom stereocenters. The Hall–Kier alpha value is -4.44. The number of likely N-dealkylation sites (N-methyl/N-ethyl adjacent to an activating group) is 1. The van der Waals surface area contributed by atoms with Gasteiger partial charge in [0.1, 0.15) is 30.2 Å². The number of nitrogens with one attached hydrogen (secondary N) is 4. The van der Waals surface area contributed by atoms with Crippen molar-refractivity contribution in [1.82, 2.24) is 26.2 Å². The van der Waals surface area contributed by atoms with Crippen molar-refractivity contribution in [2.24, 2.45) is 11.5 Å². The number of carbonyl (C=O) groups is 8. The van der Waals surface area contributed by atoms with E-state index in [-0.39, 0.29) is 38.1 Å². The van der Waals surface area contributed by atoms with Gasteiger partial charge in [0.15, 0.2) is 0 Å². The number of aliphatic hydroxyl groups is 3. The largest absolute Gasteiger partial charge is 0.481 e. The van der Waals surface area contributed by atoms with E-state index in [1.54, 1.807) is 0 Å². The summed E-state index contributed by atoms with van der Waals surface area (Å²) in [6, 6.07) is -7.22. The van der Waals surface area contributed by atoms with Crippen molar-refractivity contribution in [2.75, 3.05) is 26.7 Å². The molecule has 0 saturated carbocycles. The van der Waals surface area contributed by atoms with Crippen LogP contribution in [-0.2, 0) is 38.4 Å². The number of amides is 5. The van der Waals surface area contributed by atoms with Crippen LogP contribution in [0.5, 0.6) is 0 Å². The quantitative estimate of drug-likeness (QED) is 0.0402. The minimum Gasteiger partial charge on any atom is -0.481 e. The maximum absolute atomic E-state index is 13.8. The van der Waals surface area contributed by atoms with Crippen LogP contribution in [0, 0.1) is 0 Å².